The van der Waals surface area contributed by atoms with Crippen LogP contribution in [0.2, 0.25) is 0 Å². The highest BCUT2D eigenvalue weighted by Gasteiger charge is 2.07. The van der Waals surface area contributed by atoms with Crippen LogP contribution in [0.4, 0.5) is 5.69 Å². The van der Waals surface area contributed by atoms with E-state index >= 15 is 0 Å². The molecule has 0 saturated carbocycles. The third kappa shape index (κ3) is 3.34. The number of hydrogen-bond acceptors (Lipinski definition) is 3. The number of nitrogens with zero attached hydrogens (tertiary/aromatic N) is 1. The molecule has 0 heterocycles. The van der Waals surface area contributed by atoms with Gasteiger partial charge in [0.2, 0.25) is 0 Å². The summed E-state index contributed by atoms with van der Waals surface area (Å²) < 4.78 is 22.9. The highest BCUT2D eigenvalue weighted by molar-refractivity contribution is 7.80. The summed E-state index contributed by atoms with van der Waals surface area (Å²) in [5.41, 5.74) is 0.812. The molecule has 5 nitrogen and oxygen atoms in total. The molecule has 1 aromatic carbocycles. The molecule has 0 radical (unpaired) electrons. The van der Waals surface area contributed by atoms with Gasteiger partial charge in [-0.1, -0.05) is 6.07 Å². The van der Waals surface area contributed by atoms with E-state index in [1.807, 2.05) is 0 Å². The number of rotatable bonds is 3. The van der Waals surface area contributed by atoms with Crippen molar-refractivity contribution in [1.29, 1.82) is 0 Å². The Morgan fingerprint density at radius 1 is 1.47 bits per heavy atom. The van der Waals surface area contributed by atoms with Crippen LogP contribution < -0.4 is 4.72 Å². The van der Waals surface area contributed by atoms with E-state index in [0.717, 1.165) is 0 Å². The molecule has 0 aromatic heterocycles. The van der Waals surface area contributed by atoms with Gasteiger partial charge in [-0.3, -0.25) is 9.00 Å². The van der Waals surface area contributed by atoms with Crippen LogP contribution in [0.1, 0.15) is 10.4 Å². The van der Waals surface area contributed by atoms with Gasteiger partial charge in [-0.05, 0) is 18.2 Å². The van der Waals surface area contributed by atoms with E-state index in [1.54, 1.807) is 32.3 Å². The van der Waals surface area contributed by atoms with Crippen molar-refractivity contribution in [3.8, 4) is 0 Å². The average molecular weight is 227 g/mol. The lowest BCUT2D eigenvalue weighted by atomic mass is 10.2. The van der Waals surface area contributed by atoms with Gasteiger partial charge in [0.25, 0.3) is 5.91 Å². The number of benzene rings is 1. The summed E-state index contributed by atoms with van der Waals surface area (Å²) in [4.78, 5) is 13.0. The lowest BCUT2D eigenvalue weighted by Crippen LogP contribution is -2.21. The zero-order valence-corrected chi connectivity index (χ0v) is 9.21. The van der Waals surface area contributed by atoms with Gasteiger partial charge in [-0.15, -0.1) is 0 Å². The second-order valence-electron chi connectivity index (χ2n) is 3.12. The molecule has 0 saturated heterocycles. The maximum atomic E-state index is 11.5. The number of nitrogens with one attached hydrogen (secondary N) is 1. The van der Waals surface area contributed by atoms with E-state index in [1.165, 1.54) is 11.0 Å². The van der Waals surface area contributed by atoms with Gasteiger partial charge in [-0.25, -0.2) is 0 Å². The number of carbonyl (C=O) groups excluding carboxylic acids is 1. The summed E-state index contributed by atoms with van der Waals surface area (Å²) in [6, 6.07) is 6.30. The standard InChI is InChI=1S/C9H12N2O3S/c1-11(2)9(12)7-4-3-5-8(6-7)10-15(13)14/h3-6,10H,1-2H3,(H,13,14)/p-1. The Bertz CT molecular complexity index is 393. The van der Waals surface area contributed by atoms with Gasteiger partial charge < -0.3 is 14.2 Å². The molecule has 0 aliphatic heterocycles. The molecule has 0 bridgehead atoms. The molecule has 82 valence electrons. The predicted octanol–water partition coefficient (Wildman–Crippen LogP) is 0.594. The second-order valence-corrected chi connectivity index (χ2v) is 3.79. The van der Waals surface area contributed by atoms with Crippen LogP contribution in [-0.2, 0) is 11.3 Å². The van der Waals surface area contributed by atoms with E-state index in [0.29, 0.717) is 11.3 Å². The fourth-order valence-corrected chi connectivity index (χ4v) is 1.39. The zero-order valence-electron chi connectivity index (χ0n) is 8.39. The van der Waals surface area contributed by atoms with Crippen molar-refractivity contribution in [3.63, 3.8) is 0 Å². The summed E-state index contributed by atoms with van der Waals surface area (Å²) in [6.45, 7) is 0. The summed E-state index contributed by atoms with van der Waals surface area (Å²) >= 11 is -2.37. The fraction of sp³-hybridized carbons (Fsp3) is 0.222. The molecular formula is C9H11N2O3S-. The van der Waals surface area contributed by atoms with Crippen molar-refractivity contribution < 1.29 is 13.6 Å². The number of anilines is 1. The lowest BCUT2D eigenvalue weighted by Gasteiger charge is -2.12. The van der Waals surface area contributed by atoms with Crippen LogP contribution in [0.25, 0.3) is 0 Å². The Morgan fingerprint density at radius 3 is 2.67 bits per heavy atom. The first-order valence-corrected chi connectivity index (χ1v) is 5.26. The molecule has 0 spiro atoms. The van der Waals surface area contributed by atoms with Crippen molar-refractivity contribution in [2.75, 3.05) is 18.8 Å². The number of hydrogen-bond donors (Lipinski definition) is 1. The van der Waals surface area contributed by atoms with Gasteiger partial charge >= 0.3 is 0 Å². The molecular weight excluding hydrogens is 216 g/mol. The first-order chi connectivity index (χ1) is 7.00. The van der Waals surface area contributed by atoms with Crippen LogP contribution in [0.15, 0.2) is 24.3 Å². The lowest BCUT2D eigenvalue weighted by molar-refractivity contribution is 0.0827. The largest absolute Gasteiger partial charge is 0.755 e. The molecule has 15 heavy (non-hydrogen) atoms. The zero-order chi connectivity index (χ0) is 11.4. The topological polar surface area (TPSA) is 72.5 Å². The van der Waals surface area contributed by atoms with Crippen LogP contribution in [0.3, 0.4) is 0 Å². The molecule has 0 aliphatic carbocycles. The maximum absolute atomic E-state index is 11.5. The first kappa shape index (κ1) is 11.7. The summed E-state index contributed by atoms with van der Waals surface area (Å²) in [5, 5.41) is 0. The van der Waals surface area contributed by atoms with E-state index in [2.05, 4.69) is 4.72 Å². The molecule has 0 fully saturated rings. The van der Waals surface area contributed by atoms with E-state index in [-0.39, 0.29) is 5.91 Å². The number of carbonyl (C=O) groups is 1. The first-order valence-electron chi connectivity index (χ1n) is 4.18. The minimum absolute atomic E-state index is 0.171. The Hall–Kier alpha value is -1.40. The SMILES string of the molecule is CN(C)C(=O)c1cccc(NS(=O)[O-])c1. The predicted molar refractivity (Wildman–Crippen MR) is 57.0 cm³/mol. The van der Waals surface area contributed by atoms with Gasteiger partial charge in [0, 0.05) is 36.6 Å². The normalized spacial score (nSPS) is 11.9. The summed E-state index contributed by atoms with van der Waals surface area (Å²) in [6.07, 6.45) is 0. The molecule has 1 atom stereocenters. The highest BCUT2D eigenvalue weighted by atomic mass is 32.2. The van der Waals surface area contributed by atoms with Crippen molar-refractivity contribution in [3.05, 3.63) is 29.8 Å². The molecule has 1 rings (SSSR count). The number of amides is 1. The Morgan fingerprint density at radius 2 is 2.13 bits per heavy atom. The average Bonchev–Trinajstić information content (AvgIpc) is 2.16. The Balaban J connectivity index is 2.92. The minimum atomic E-state index is -2.37. The monoisotopic (exact) mass is 227 g/mol. The Labute approximate surface area is 90.5 Å². The van der Waals surface area contributed by atoms with Crippen LogP contribution in [0.5, 0.6) is 0 Å². The third-order valence-electron chi connectivity index (χ3n) is 1.72. The van der Waals surface area contributed by atoms with Crippen molar-refractivity contribution >= 4 is 22.9 Å². The van der Waals surface area contributed by atoms with E-state index < -0.39 is 11.3 Å². The molecule has 1 amide bonds. The molecule has 1 unspecified atom stereocenters. The van der Waals surface area contributed by atoms with Crippen LogP contribution in [0, 0.1) is 0 Å². The molecule has 1 aromatic rings. The molecule has 0 aliphatic rings. The van der Waals surface area contributed by atoms with Gasteiger partial charge in [0.1, 0.15) is 0 Å². The third-order valence-corrected chi connectivity index (χ3v) is 2.12. The molecule has 6 heteroatoms. The fourth-order valence-electron chi connectivity index (χ4n) is 1.07. The Kier molecular flexibility index (Phi) is 3.81. The van der Waals surface area contributed by atoms with Crippen LogP contribution in [-0.4, -0.2) is 33.7 Å². The molecule has 1 N–H and O–H groups in total. The minimum Gasteiger partial charge on any atom is -0.755 e. The van der Waals surface area contributed by atoms with Crippen LogP contribution >= 0.6 is 0 Å². The van der Waals surface area contributed by atoms with Gasteiger partial charge in [0.15, 0.2) is 0 Å². The highest BCUT2D eigenvalue weighted by Crippen LogP contribution is 2.12. The van der Waals surface area contributed by atoms with Crippen molar-refractivity contribution in [2.45, 2.75) is 0 Å². The second kappa shape index (κ2) is 4.90. The van der Waals surface area contributed by atoms with Gasteiger partial charge in [0.05, 0.1) is 0 Å². The quantitative estimate of drug-likeness (QED) is 0.768. The van der Waals surface area contributed by atoms with E-state index in [9.17, 15) is 13.6 Å². The van der Waals surface area contributed by atoms with Gasteiger partial charge in [-0.2, -0.15) is 0 Å². The smallest absolute Gasteiger partial charge is 0.253 e. The van der Waals surface area contributed by atoms with E-state index in [4.69, 9.17) is 0 Å². The summed E-state index contributed by atoms with van der Waals surface area (Å²) in [5.74, 6) is -0.171. The van der Waals surface area contributed by atoms with Crippen molar-refractivity contribution in [1.82, 2.24) is 4.90 Å². The maximum Gasteiger partial charge on any atom is 0.253 e. The van der Waals surface area contributed by atoms with Crippen molar-refractivity contribution in [2.24, 2.45) is 0 Å². The summed E-state index contributed by atoms with van der Waals surface area (Å²) in [7, 11) is 3.27.